The molecule has 1 aromatic rings. The number of hydrogen-bond acceptors (Lipinski definition) is 1. The van der Waals surface area contributed by atoms with E-state index in [0.29, 0.717) is 6.42 Å². The van der Waals surface area contributed by atoms with E-state index < -0.39 is 11.9 Å². The first kappa shape index (κ1) is 11.5. The highest BCUT2D eigenvalue weighted by molar-refractivity contribution is 5.72. The van der Waals surface area contributed by atoms with Crippen molar-refractivity contribution in [3.05, 3.63) is 48.0 Å². The van der Waals surface area contributed by atoms with Crippen LogP contribution in [0.25, 0.3) is 0 Å². The highest BCUT2D eigenvalue weighted by Gasteiger charge is 2.13. The Morgan fingerprint density at radius 2 is 2.07 bits per heavy atom. The molecule has 1 unspecified atom stereocenters. The van der Waals surface area contributed by atoms with E-state index >= 15 is 0 Å². The highest BCUT2D eigenvalue weighted by atomic mass is 16.4. The Labute approximate surface area is 90.3 Å². The van der Waals surface area contributed by atoms with Crippen LogP contribution in [-0.4, -0.2) is 11.1 Å². The maximum absolute atomic E-state index is 11.0. The number of aliphatic carboxylic acids is 1. The van der Waals surface area contributed by atoms with Gasteiger partial charge in [0, 0.05) is 0 Å². The monoisotopic (exact) mass is 204 g/mol. The minimum atomic E-state index is -0.761. The van der Waals surface area contributed by atoms with E-state index in [4.69, 9.17) is 5.11 Å². The van der Waals surface area contributed by atoms with Crippen LogP contribution in [0.1, 0.15) is 18.9 Å². The third-order valence-electron chi connectivity index (χ3n) is 2.22. The first-order chi connectivity index (χ1) is 7.24. The van der Waals surface area contributed by atoms with Gasteiger partial charge >= 0.3 is 5.97 Å². The van der Waals surface area contributed by atoms with Crippen LogP contribution < -0.4 is 0 Å². The van der Waals surface area contributed by atoms with Crippen LogP contribution in [0.2, 0.25) is 0 Å². The maximum Gasteiger partial charge on any atom is 0.310 e. The van der Waals surface area contributed by atoms with Crippen LogP contribution in [0.15, 0.2) is 42.5 Å². The van der Waals surface area contributed by atoms with Gasteiger partial charge in [-0.05, 0) is 18.4 Å². The Kier molecular flexibility index (Phi) is 4.61. The smallest absolute Gasteiger partial charge is 0.310 e. The summed E-state index contributed by atoms with van der Waals surface area (Å²) in [5, 5.41) is 9.01. The zero-order valence-corrected chi connectivity index (χ0v) is 8.89. The Morgan fingerprint density at radius 1 is 1.40 bits per heavy atom. The van der Waals surface area contributed by atoms with Crippen LogP contribution >= 0.6 is 0 Å². The summed E-state index contributed by atoms with van der Waals surface area (Å²) in [6.07, 6.45) is 5.11. The first-order valence-electron chi connectivity index (χ1n) is 5.17. The largest absolute Gasteiger partial charge is 0.481 e. The van der Waals surface area contributed by atoms with Gasteiger partial charge in [0.05, 0.1) is 5.92 Å². The van der Waals surface area contributed by atoms with Crippen molar-refractivity contribution < 1.29 is 9.90 Å². The van der Waals surface area contributed by atoms with Crippen molar-refractivity contribution in [2.75, 3.05) is 0 Å². The molecule has 0 heterocycles. The molecule has 0 radical (unpaired) electrons. The number of carboxylic acid groups (broad SMARTS) is 1. The quantitative estimate of drug-likeness (QED) is 0.749. The molecule has 2 nitrogen and oxygen atoms in total. The van der Waals surface area contributed by atoms with E-state index in [9.17, 15) is 4.79 Å². The molecule has 0 bridgehead atoms. The molecule has 0 saturated carbocycles. The molecule has 0 fully saturated rings. The summed E-state index contributed by atoms with van der Waals surface area (Å²) in [4.78, 5) is 11.0. The molecule has 0 aliphatic carbocycles. The minimum Gasteiger partial charge on any atom is -0.481 e. The Morgan fingerprint density at radius 3 is 2.60 bits per heavy atom. The van der Waals surface area contributed by atoms with E-state index in [1.807, 2.05) is 43.3 Å². The highest BCUT2D eigenvalue weighted by Crippen LogP contribution is 2.10. The fourth-order valence-electron chi connectivity index (χ4n) is 1.41. The average molecular weight is 204 g/mol. The summed E-state index contributed by atoms with van der Waals surface area (Å²) in [6.45, 7) is 2.00. The number of allylic oxidation sites excluding steroid dienone is 1. The van der Waals surface area contributed by atoms with Gasteiger partial charge in [-0.3, -0.25) is 4.79 Å². The molecule has 0 aliphatic heterocycles. The molecule has 2 heteroatoms. The fraction of sp³-hybridized carbons (Fsp3) is 0.308. The summed E-state index contributed by atoms with van der Waals surface area (Å²) in [5.74, 6) is -1.17. The van der Waals surface area contributed by atoms with Crippen molar-refractivity contribution in [1.29, 1.82) is 0 Å². The molecule has 1 N–H and O–H groups in total. The summed E-state index contributed by atoms with van der Waals surface area (Å²) in [6, 6.07) is 9.70. The van der Waals surface area contributed by atoms with Gasteiger partial charge in [-0.25, -0.2) is 0 Å². The van der Waals surface area contributed by atoms with Crippen molar-refractivity contribution in [2.24, 2.45) is 5.92 Å². The van der Waals surface area contributed by atoms with Crippen molar-refractivity contribution in [3.63, 3.8) is 0 Å². The number of rotatable bonds is 5. The Balaban J connectivity index is 2.67. The van der Waals surface area contributed by atoms with E-state index in [1.165, 1.54) is 0 Å². The predicted octanol–water partition coefficient (Wildman–Crippen LogP) is 2.90. The van der Waals surface area contributed by atoms with Crippen LogP contribution in [0.4, 0.5) is 0 Å². The van der Waals surface area contributed by atoms with Gasteiger partial charge in [-0.1, -0.05) is 49.4 Å². The molecule has 15 heavy (non-hydrogen) atoms. The van der Waals surface area contributed by atoms with Crippen LogP contribution in [0.3, 0.4) is 0 Å². The molecular weight excluding hydrogens is 188 g/mol. The van der Waals surface area contributed by atoms with E-state index in [0.717, 1.165) is 12.0 Å². The van der Waals surface area contributed by atoms with Gasteiger partial charge in [-0.15, -0.1) is 0 Å². The number of carboxylic acids is 1. The number of benzene rings is 1. The SMILES string of the molecule is CCC=CC(Cc1ccccc1)C(=O)O. The molecule has 0 saturated heterocycles. The lowest BCUT2D eigenvalue weighted by molar-refractivity contribution is -0.140. The molecule has 0 amide bonds. The van der Waals surface area contributed by atoms with Crippen molar-refractivity contribution in [2.45, 2.75) is 19.8 Å². The number of carbonyl (C=O) groups is 1. The standard InChI is InChI=1S/C13H16O2/c1-2-3-9-12(13(14)15)10-11-7-5-4-6-8-11/h3-9,12H,2,10H2,1H3,(H,14,15). The molecule has 1 atom stereocenters. The molecule has 80 valence electrons. The van der Waals surface area contributed by atoms with Gasteiger partial charge < -0.3 is 5.11 Å². The zero-order chi connectivity index (χ0) is 11.1. The average Bonchev–Trinajstić information content (AvgIpc) is 2.25. The molecule has 0 aliphatic rings. The second-order valence-electron chi connectivity index (χ2n) is 3.47. The van der Waals surface area contributed by atoms with E-state index in [-0.39, 0.29) is 0 Å². The normalized spacial score (nSPS) is 12.9. The third kappa shape index (κ3) is 3.98. The van der Waals surface area contributed by atoms with Crippen molar-refractivity contribution in [1.82, 2.24) is 0 Å². The third-order valence-corrected chi connectivity index (χ3v) is 2.22. The zero-order valence-electron chi connectivity index (χ0n) is 8.89. The summed E-state index contributed by atoms with van der Waals surface area (Å²) < 4.78 is 0. The lowest BCUT2D eigenvalue weighted by Gasteiger charge is -2.07. The molecule has 1 aromatic carbocycles. The second kappa shape index (κ2) is 6.02. The molecule has 0 aromatic heterocycles. The van der Waals surface area contributed by atoms with Gasteiger partial charge in [0.2, 0.25) is 0 Å². The number of hydrogen-bond donors (Lipinski definition) is 1. The van der Waals surface area contributed by atoms with Gasteiger partial charge in [0.1, 0.15) is 0 Å². The lowest BCUT2D eigenvalue weighted by atomic mass is 9.99. The van der Waals surface area contributed by atoms with E-state index in [1.54, 1.807) is 6.08 Å². The predicted molar refractivity (Wildman–Crippen MR) is 60.7 cm³/mol. The van der Waals surface area contributed by atoms with Crippen molar-refractivity contribution in [3.8, 4) is 0 Å². The van der Waals surface area contributed by atoms with Gasteiger partial charge in [-0.2, -0.15) is 0 Å². The van der Waals surface area contributed by atoms with Crippen LogP contribution in [0, 0.1) is 5.92 Å². The molecule has 0 spiro atoms. The molecular formula is C13H16O2. The van der Waals surface area contributed by atoms with Gasteiger partial charge in [0.15, 0.2) is 0 Å². The van der Waals surface area contributed by atoms with E-state index in [2.05, 4.69) is 0 Å². The Hall–Kier alpha value is -1.57. The second-order valence-corrected chi connectivity index (χ2v) is 3.47. The topological polar surface area (TPSA) is 37.3 Å². The summed E-state index contributed by atoms with van der Waals surface area (Å²) in [5.41, 5.74) is 1.06. The maximum atomic E-state index is 11.0. The van der Waals surface area contributed by atoms with Crippen molar-refractivity contribution >= 4 is 5.97 Å². The van der Waals surface area contributed by atoms with Crippen LogP contribution in [0.5, 0.6) is 0 Å². The fourth-order valence-corrected chi connectivity index (χ4v) is 1.41. The minimum absolute atomic E-state index is 0.410. The summed E-state index contributed by atoms with van der Waals surface area (Å²) >= 11 is 0. The Bertz CT molecular complexity index is 328. The molecule has 1 rings (SSSR count). The first-order valence-corrected chi connectivity index (χ1v) is 5.17. The lowest BCUT2D eigenvalue weighted by Crippen LogP contribution is -2.13. The summed E-state index contributed by atoms with van der Waals surface area (Å²) in [7, 11) is 0. The van der Waals surface area contributed by atoms with Crippen LogP contribution in [-0.2, 0) is 11.2 Å². The van der Waals surface area contributed by atoms with Gasteiger partial charge in [0.25, 0.3) is 0 Å².